The number of aromatic hydroxyl groups is 1. The number of hydrogen-bond donors (Lipinski definition) is 3. The molecule has 0 aliphatic carbocycles. The largest absolute Gasteiger partial charge is 0.507 e. The third-order valence-corrected chi connectivity index (χ3v) is 9.66. The molecule has 4 aromatic rings. The number of nitrogen functional groups attached to an aromatic ring is 1. The van der Waals surface area contributed by atoms with Crippen LogP contribution in [-0.2, 0) is 22.6 Å². The van der Waals surface area contributed by atoms with Crippen LogP contribution in [0, 0.1) is 5.92 Å². The van der Waals surface area contributed by atoms with Gasteiger partial charge in [-0.2, -0.15) is 5.10 Å². The second-order valence-corrected chi connectivity index (χ2v) is 13.0. The number of amides is 2. The van der Waals surface area contributed by atoms with Crippen molar-refractivity contribution in [2.45, 2.75) is 51.1 Å². The number of rotatable bonds is 9. The molecule has 2 fully saturated rings. The summed E-state index contributed by atoms with van der Waals surface area (Å²) in [5.41, 5.74) is 12.6. The molecule has 4 N–H and O–H groups in total. The van der Waals surface area contributed by atoms with Gasteiger partial charge in [-0.1, -0.05) is 24.3 Å². The third kappa shape index (κ3) is 6.37. The number of fused-ring (bicyclic) bond motifs is 1. The van der Waals surface area contributed by atoms with Crippen molar-refractivity contribution in [2.24, 2.45) is 5.92 Å². The van der Waals surface area contributed by atoms with Crippen molar-refractivity contribution in [1.29, 1.82) is 0 Å². The number of aryl methyl sites for hydroxylation is 1. The minimum Gasteiger partial charge on any atom is -0.507 e. The number of nitrogens with two attached hydrogens (primary N) is 1. The SMILES string of the molecule is CN1CN(C2CCC(=O)NC2=O)c2cccc(CCCN3CCC[C@@H](Cn4cc(-c5cc(-c6ccccc6O)nnc5N)cn4)C3)c21. The van der Waals surface area contributed by atoms with Crippen LogP contribution in [0.4, 0.5) is 17.2 Å². The number of carbonyl (C=O) groups is 2. The second-order valence-electron chi connectivity index (χ2n) is 13.0. The van der Waals surface area contributed by atoms with Crippen LogP contribution in [0.3, 0.4) is 0 Å². The number of nitrogens with one attached hydrogen (secondary N) is 1. The first-order chi connectivity index (χ1) is 22.8. The van der Waals surface area contributed by atoms with E-state index in [0.717, 1.165) is 68.7 Å². The standard InChI is InChI=1S/C35H41N9O3/c1-41-22-44(30-13-14-32(46)38-35(30)47)29-11-4-8-24(33(29)41)9-6-16-42-15-5-7-23(19-42)20-43-21-25(18-37-43)27-17-28(39-40-34(27)36)26-10-2-3-12-31(26)45/h2-4,8,10-12,17-18,21,23,30,45H,5-7,9,13-16,19-20,22H2,1H3,(H2,36,40)(H,38,46,47)/t23-,30?/m1/s1. The van der Waals surface area contributed by atoms with Crippen LogP contribution < -0.4 is 20.9 Å². The summed E-state index contributed by atoms with van der Waals surface area (Å²) >= 11 is 0. The van der Waals surface area contributed by atoms with Crippen LogP contribution in [-0.4, -0.2) is 81.2 Å². The minimum absolute atomic E-state index is 0.145. The smallest absolute Gasteiger partial charge is 0.249 e. The topological polar surface area (TPSA) is 146 Å². The van der Waals surface area contributed by atoms with Crippen molar-refractivity contribution >= 4 is 29.0 Å². The maximum absolute atomic E-state index is 12.6. The Morgan fingerprint density at radius 2 is 1.94 bits per heavy atom. The molecule has 0 bridgehead atoms. The van der Waals surface area contributed by atoms with Gasteiger partial charge >= 0.3 is 0 Å². The van der Waals surface area contributed by atoms with E-state index in [-0.39, 0.29) is 23.6 Å². The number of nitrogens with zero attached hydrogens (tertiary/aromatic N) is 7. The van der Waals surface area contributed by atoms with Gasteiger partial charge in [0.2, 0.25) is 11.8 Å². The molecule has 244 valence electrons. The van der Waals surface area contributed by atoms with Crippen molar-refractivity contribution in [3.63, 3.8) is 0 Å². The van der Waals surface area contributed by atoms with Crippen molar-refractivity contribution in [3.05, 3.63) is 66.5 Å². The number of benzene rings is 2. The molecule has 3 aliphatic heterocycles. The highest BCUT2D eigenvalue weighted by Crippen LogP contribution is 2.40. The first kappa shape index (κ1) is 30.7. The zero-order chi connectivity index (χ0) is 32.5. The Morgan fingerprint density at radius 1 is 1.06 bits per heavy atom. The van der Waals surface area contributed by atoms with Crippen LogP contribution in [0.1, 0.15) is 37.7 Å². The summed E-state index contributed by atoms with van der Waals surface area (Å²) in [6, 6.07) is 15.0. The monoisotopic (exact) mass is 635 g/mol. The number of carbonyl (C=O) groups excluding carboxylic acids is 2. The molecule has 7 rings (SSSR count). The number of para-hydroxylation sites is 2. The second kappa shape index (κ2) is 13.0. The van der Waals surface area contributed by atoms with Crippen LogP contribution in [0.25, 0.3) is 22.4 Å². The van der Waals surface area contributed by atoms with E-state index < -0.39 is 0 Å². The van der Waals surface area contributed by atoms with E-state index in [1.807, 2.05) is 29.2 Å². The van der Waals surface area contributed by atoms with Crippen molar-refractivity contribution < 1.29 is 14.7 Å². The highest BCUT2D eigenvalue weighted by atomic mass is 16.3. The van der Waals surface area contributed by atoms with E-state index in [9.17, 15) is 14.7 Å². The predicted octanol–water partition coefficient (Wildman–Crippen LogP) is 3.66. The number of phenolic OH excluding ortho intramolecular Hbond substituents is 1. The summed E-state index contributed by atoms with van der Waals surface area (Å²) in [4.78, 5) is 31.3. The molecule has 1 unspecified atom stereocenters. The van der Waals surface area contributed by atoms with Gasteiger partial charge in [-0.05, 0) is 80.9 Å². The lowest BCUT2D eigenvalue weighted by Gasteiger charge is -2.32. The molecule has 2 atom stereocenters. The average Bonchev–Trinajstić information content (AvgIpc) is 3.66. The van der Waals surface area contributed by atoms with E-state index in [0.29, 0.717) is 42.5 Å². The lowest BCUT2D eigenvalue weighted by atomic mass is 9.97. The predicted molar refractivity (Wildman–Crippen MR) is 181 cm³/mol. The molecular weight excluding hydrogens is 594 g/mol. The third-order valence-electron chi connectivity index (χ3n) is 9.66. The number of likely N-dealkylation sites (tertiary alicyclic amines) is 1. The van der Waals surface area contributed by atoms with Gasteiger partial charge in [0.05, 0.1) is 29.9 Å². The molecular formula is C35H41N9O3. The molecule has 0 spiro atoms. The fourth-order valence-corrected chi connectivity index (χ4v) is 7.39. The van der Waals surface area contributed by atoms with Gasteiger partial charge in [-0.3, -0.25) is 19.6 Å². The average molecular weight is 636 g/mol. The lowest BCUT2D eigenvalue weighted by Crippen LogP contribution is -2.53. The zero-order valence-corrected chi connectivity index (χ0v) is 26.7. The van der Waals surface area contributed by atoms with E-state index in [4.69, 9.17) is 5.73 Å². The van der Waals surface area contributed by atoms with Crippen molar-refractivity contribution in [2.75, 3.05) is 48.9 Å². The summed E-state index contributed by atoms with van der Waals surface area (Å²) in [6.45, 7) is 4.63. The zero-order valence-electron chi connectivity index (χ0n) is 26.7. The Kier molecular flexibility index (Phi) is 8.50. The molecule has 2 saturated heterocycles. The first-order valence-electron chi connectivity index (χ1n) is 16.4. The number of hydrogen-bond acceptors (Lipinski definition) is 10. The van der Waals surface area contributed by atoms with Gasteiger partial charge < -0.3 is 25.5 Å². The van der Waals surface area contributed by atoms with Gasteiger partial charge in [-0.15, -0.1) is 10.2 Å². The Hall–Kier alpha value is -4.97. The molecule has 2 aromatic heterocycles. The van der Waals surface area contributed by atoms with Gasteiger partial charge in [0.1, 0.15) is 11.8 Å². The molecule has 0 radical (unpaired) electrons. The summed E-state index contributed by atoms with van der Waals surface area (Å²) in [5.74, 6) is 0.583. The number of aromatic nitrogens is 4. The van der Waals surface area contributed by atoms with Crippen LogP contribution in [0.2, 0.25) is 0 Å². The molecule has 47 heavy (non-hydrogen) atoms. The molecule has 3 aliphatic rings. The summed E-state index contributed by atoms with van der Waals surface area (Å²) < 4.78 is 2.00. The van der Waals surface area contributed by atoms with Crippen molar-refractivity contribution in [3.8, 4) is 28.1 Å². The molecule has 2 amide bonds. The summed E-state index contributed by atoms with van der Waals surface area (Å²) in [6.07, 6.45) is 9.10. The number of piperidine rings is 2. The van der Waals surface area contributed by atoms with Crippen LogP contribution in [0.15, 0.2) is 60.9 Å². The minimum atomic E-state index is -0.317. The van der Waals surface area contributed by atoms with Crippen LogP contribution >= 0.6 is 0 Å². The Morgan fingerprint density at radius 3 is 2.79 bits per heavy atom. The number of imide groups is 1. The number of anilines is 3. The normalized spacial score (nSPS) is 20.0. The highest BCUT2D eigenvalue weighted by Gasteiger charge is 2.37. The molecule has 12 nitrogen and oxygen atoms in total. The fourth-order valence-electron chi connectivity index (χ4n) is 7.39. The van der Waals surface area contributed by atoms with Gasteiger partial charge in [-0.25, -0.2) is 0 Å². The quantitative estimate of drug-likeness (QED) is 0.233. The van der Waals surface area contributed by atoms with Crippen molar-refractivity contribution in [1.82, 2.24) is 30.2 Å². The van der Waals surface area contributed by atoms with E-state index in [1.54, 1.807) is 18.2 Å². The van der Waals surface area contributed by atoms with E-state index >= 15 is 0 Å². The summed E-state index contributed by atoms with van der Waals surface area (Å²) in [7, 11) is 2.08. The highest BCUT2D eigenvalue weighted by molar-refractivity contribution is 6.02. The molecule has 0 saturated carbocycles. The summed E-state index contributed by atoms with van der Waals surface area (Å²) in [5, 5.41) is 25.8. The fraction of sp³-hybridized carbons (Fsp3) is 0.400. The molecule has 12 heteroatoms. The van der Waals surface area contributed by atoms with Gasteiger partial charge in [0.25, 0.3) is 0 Å². The lowest BCUT2D eigenvalue weighted by molar-refractivity contribution is -0.134. The van der Waals surface area contributed by atoms with E-state index in [2.05, 4.69) is 60.6 Å². The molecule has 2 aromatic carbocycles. The Labute approximate surface area is 274 Å². The van der Waals surface area contributed by atoms with E-state index in [1.165, 1.54) is 11.3 Å². The Bertz CT molecular complexity index is 1790. The Balaban J connectivity index is 0.956. The first-order valence-corrected chi connectivity index (χ1v) is 16.4. The molecule has 5 heterocycles. The maximum atomic E-state index is 12.6. The number of phenols is 1. The van der Waals surface area contributed by atoms with Gasteiger partial charge in [0, 0.05) is 49.4 Å². The van der Waals surface area contributed by atoms with Crippen LogP contribution in [0.5, 0.6) is 5.75 Å². The maximum Gasteiger partial charge on any atom is 0.249 e. The van der Waals surface area contributed by atoms with Gasteiger partial charge in [0.15, 0.2) is 5.82 Å².